The van der Waals surface area contributed by atoms with E-state index in [1.165, 1.54) is 0 Å². The number of morpholine rings is 1. The number of benzene rings is 1. The van der Waals surface area contributed by atoms with Crippen LogP contribution in [0.3, 0.4) is 0 Å². The van der Waals surface area contributed by atoms with Crippen molar-refractivity contribution in [2.45, 2.75) is 25.0 Å². The van der Waals surface area contributed by atoms with E-state index in [0.29, 0.717) is 39.1 Å². The third kappa shape index (κ3) is 3.26. The molecule has 4 atom stereocenters. The lowest BCUT2D eigenvalue weighted by Crippen LogP contribution is -2.38. The molecule has 1 saturated carbocycles. The molecule has 0 unspecified atom stereocenters. The largest absolute Gasteiger partial charge is 0.390 e. The first-order valence-corrected chi connectivity index (χ1v) is 9.20. The first-order chi connectivity index (χ1) is 12.1. The van der Waals surface area contributed by atoms with Gasteiger partial charge in [0.2, 0.25) is 0 Å². The third-order valence-corrected chi connectivity index (χ3v) is 5.88. The van der Waals surface area contributed by atoms with Gasteiger partial charge in [0.1, 0.15) is 0 Å². The fraction of sp³-hybridized carbons (Fsp3) is 0.632. The van der Waals surface area contributed by atoms with Crippen LogP contribution >= 0.6 is 0 Å². The monoisotopic (exact) mass is 346 g/mol. The quantitative estimate of drug-likeness (QED) is 0.826. The van der Waals surface area contributed by atoms with E-state index in [1.54, 1.807) is 0 Å². The van der Waals surface area contributed by atoms with Crippen molar-refractivity contribution in [3.05, 3.63) is 29.8 Å². The standard InChI is InChI=1S/C19H26N2O4/c22-17-9-13-11-21(12-14(13)10-18(17)23)19(24)15-3-1-2-4-16(15)20-5-7-25-8-6-20/h1-4,13-14,17-18,22-23H,5-12H2/t13-,14+,17+,18-. The molecule has 3 fully saturated rings. The summed E-state index contributed by atoms with van der Waals surface area (Å²) in [6.07, 6.45) is -0.143. The van der Waals surface area contributed by atoms with Gasteiger partial charge in [-0.05, 0) is 36.8 Å². The summed E-state index contributed by atoms with van der Waals surface area (Å²) in [6, 6.07) is 7.79. The lowest BCUT2D eigenvalue weighted by Gasteiger charge is -2.31. The van der Waals surface area contributed by atoms with Crippen molar-refractivity contribution in [3.8, 4) is 0 Å². The molecule has 25 heavy (non-hydrogen) atoms. The van der Waals surface area contributed by atoms with Crippen LogP contribution in [0.15, 0.2) is 24.3 Å². The van der Waals surface area contributed by atoms with Gasteiger partial charge < -0.3 is 24.7 Å². The van der Waals surface area contributed by atoms with E-state index in [2.05, 4.69) is 4.90 Å². The molecule has 2 aliphatic heterocycles. The zero-order valence-electron chi connectivity index (χ0n) is 14.4. The van der Waals surface area contributed by atoms with Crippen molar-refractivity contribution in [1.82, 2.24) is 4.90 Å². The van der Waals surface area contributed by atoms with Crippen molar-refractivity contribution in [2.24, 2.45) is 11.8 Å². The Morgan fingerprint density at radius 1 is 1.00 bits per heavy atom. The van der Waals surface area contributed by atoms with E-state index in [-0.39, 0.29) is 17.7 Å². The highest BCUT2D eigenvalue weighted by Gasteiger charge is 2.42. The summed E-state index contributed by atoms with van der Waals surface area (Å²) in [7, 11) is 0. The average Bonchev–Trinajstić information content (AvgIpc) is 3.05. The number of carbonyl (C=O) groups excluding carboxylic acids is 1. The number of aliphatic hydroxyl groups is 2. The number of amides is 1. The molecule has 4 rings (SSSR count). The fourth-order valence-corrected chi connectivity index (χ4v) is 4.48. The van der Waals surface area contributed by atoms with Gasteiger partial charge in [-0.25, -0.2) is 0 Å². The zero-order valence-corrected chi connectivity index (χ0v) is 14.4. The summed E-state index contributed by atoms with van der Waals surface area (Å²) in [5.41, 5.74) is 1.72. The second kappa shape index (κ2) is 6.94. The maximum atomic E-state index is 13.2. The number of likely N-dealkylation sites (tertiary alicyclic amines) is 1. The smallest absolute Gasteiger partial charge is 0.255 e. The molecule has 0 bridgehead atoms. The Kier molecular flexibility index (Phi) is 4.67. The summed E-state index contributed by atoms with van der Waals surface area (Å²) >= 11 is 0. The predicted octanol–water partition coefficient (Wildman–Crippen LogP) is 0.727. The van der Waals surface area contributed by atoms with Crippen molar-refractivity contribution in [1.29, 1.82) is 0 Å². The van der Waals surface area contributed by atoms with E-state index >= 15 is 0 Å². The van der Waals surface area contributed by atoms with E-state index in [0.717, 1.165) is 24.3 Å². The number of ether oxygens (including phenoxy) is 1. The van der Waals surface area contributed by atoms with Crippen LogP contribution in [-0.4, -0.2) is 72.6 Å². The van der Waals surface area contributed by atoms with E-state index < -0.39 is 12.2 Å². The van der Waals surface area contributed by atoms with E-state index in [4.69, 9.17) is 4.74 Å². The van der Waals surface area contributed by atoms with Gasteiger partial charge in [0.15, 0.2) is 0 Å². The molecule has 6 nitrogen and oxygen atoms in total. The van der Waals surface area contributed by atoms with Crippen LogP contribution in [0.25, 0.3) is 0 Å². The summed E-state index contributed by atoms with van der Waals surface area (Å²) < 4.78 is 5.42. The van der Waals surface area contributed by atoms with Crippen molar-refractivity contribution >= 4 is 11.6 Å². The van der Waals surface area contributed by atoms with Gasteiger partial charge in [0.05, 0.1) is 31.0 Å². The van der Waals surface area contributed by atoms with Crippen LogP contribution in [0.2, 0.25) is 0 Å². The second-order valence-corrected chi connectivity index (χ2v) is 7.45. The SMILES string of the molecule is O=C(c1ccccc1N1CCOCC1)N1C[C@H]2C[C@H](O)[C@H](O)C[C@H]2C1. The molecule has 1 amide bonds. The molecule has 6 heteroatoms. The van der Waals surface area contributed by atoms with E-state index in [1.807, 2.05) is 29.2 Å². The summed E-state index contributed by atoms with van der Waals surface area (Å²) in [5.74, 6) is 0.635. The van der Waals surface area contributed by atoms with Gasteiger partial charge >= 0.3 is 0 Å². The summed E-state index contributed by atoms with van der Waals surface area (Å²) in [5, 5.41) is 19.8. The first-order valence-electron chi connectivity index (χ1n) is 9.20. The van der Waals surface area contributed by atoms with Crippen LogP contribution in [0.1, 0.15) is 23.2 Å². The van der Waals surface area contributed by atoms with Gasteiger partial charge in [-0.1, -0.05) is 12.1 Å². The topological polar surface area (TPSA) is 73.2 Å². The number of anilines is 1. The molecule has 1 aliphatic carbocycles. The van der Waals surface area contributed by atoms with Gasteiger partial charge in [0.25, 0.3) is 5.91 Å². The molecule has 3 aliphatic rings. The molecule has 0 aromatic heterocycles. The Hall–Kier alpha value is -1.63. The highest BCUT2D eigenvalue weighted by Crippen LogP contribution is 2.37. The van der Waals surface area contributed by atoms with Gasteiger partial charge in [-0.15, -0.1) is 0 Å². The molecular weight excluding hydrogens is 320 g/mol. The Bertz CT molecular complexity index is 614. The average molecular weight is 346 g/mol. The maximum Gasteiger partial charge on any atom is 0.255 e. The van der Waals surface area contributed by atoms with Gasteiger partial charge in [-0.2, -0.15) is 0 Å². The lowest BCUT2D eigenvalue weighted by atomic mass is 9.79. The number of hydrogen-bond acceptors (Lipinski definition) is 5. The van der Waals surface area contributed by atoms with Crippen LogP contribution in [-0.2, 0) is 4.74 Å². The molecule has 0 spiro atoms. The Morgan fingerprint density at radius 3 is 2.24 bits per heavy atom. The lowest BCUT2D eigenvalue weighted by molar-refractivity contribution is -0.0372. The minimum Gasteiger partial charge on any atom is -0.390 e. The molecule has 136 valence electrons. The van der Waals surface area contributed by atoms with Gasteiger partial charge in [0, 0.05) is 31.9 Å². The number of carbonyl (C=O) groups is 1. The predicted molar refractivity (Wildman–Crippen MR) is 93.6 cm³/mol. The Morgan fingerprint density at radius 2 is 1.60 bits per heavy atom. The zero-order chi connectivity index (χ0) is 17.4. The fourth-order valence-electron chi connectivity index (χ4n) is 4.48. The summed E-state index contributed by atoms with van der Waals surface area (Å²) in [4.78, 5) is 17.3. The minimum absolute atomic E-state index is 0.0560. The van der Waals surface area contributed by atoms with Crippen LogP contribution in [0.4, 0.5) is 5.69 Å². The molecule has 2 N–H and O–H groups in total. The Labute approximate surface area is 148 Å². The number of fused-ring (bicyclic) bond motifs is 1. The molecule has 2 saturated heterocycles. The van der Waals surface area contributed by atoms with Crippen LogP contribution in [0, 0.1) is 11.8 Å². The van der Waals surface area contributed by atoms with Crippen LogP contribution in [0.5, 0.6) is 0 Å². The Balaban J connectivity index is 1.52. The van der Waals surface area contributed by atoms with Gasteiger partial charge in [-0.3, -0.25) is 4.79 Å². The second-order valence-electron chi connectivity index (χ2n) is 7.45. The van der Waals surface area contributed by atoms with Crippen molar-refractivity contribution < 1.29 is 19.7 Å². The highest BCUT2D eigenvalue weighted by molar-refractivity contribution is 6.00. The van der Waals surface area contributed by atoms with Crippen molar-refractivity contribution in [3.63, 3.8) is 0 Å². The first kappa shape index (κ1) is 16.8. The molecule has 0 radical (unpaired) electrons. The van der Waals surface area contributed by atoms with E-state index in [9.17, 15) is 15.0 Å². The number of nitrogens with zero attached hydrogens (tertiary/aromatic N) is 2. The third-order valence-electron chi connectivity index (χ3n) is 5.88. The number of para-hydroxylation sites is 1. The minimum atomic E-state index is -0.656. The normalized spacial score (nSPS) is 32.6. The number of hydrogen-bond donors (Lipinski definition) is 2. The number of aliphatic hydroxyl groups excluding tert-OH is 2. The molecule has 1 aromatic carbocycles. The molecule has 2 heterocycles. The maximum absolute atomic E-state index is 13.2. The number of rotatable bonds is 2. The van der Waals surface area contributed by atoms with Crippen LogP contribution < -0.4 is 4.90 Å². The summed E-state index contributed by atoms with van der Waals surface area (Å²) in [6.45, 7) is 4.32. The highest BCUT2D eigenvalue weighted by atomic mass is 16.5. The molecule has 1 aromatic rings. The molecular formula is C19H26N2O4. The van der Waals surface area contributed by atoms with Crippen molar-refractivity contribution in [2.75, 3.05) is 44.3 Å².